The van der Waals surface area contributed by atoms with E-state index >= 15 is 0 Å². The van der Waals surface area contributed by atoms with Crippen LogP contribution in [0.25, 0.3) is 11.2 Å². The standard InChI is InChI=1S/C14H11ClN6O4/c15-13-12-14(17-7-16-13)19(8-18-12)5-1-2-9-3-4-10(20(22)23)6-11(9)21(24)25/h3-4,6-8H,1-2,5H2. The summed E-state index contributed by atoms with van der Waals surface area (Å²) in [6, 6.07) is 3.66. The molecule has 0 saturated heterocycles. The van der Waals surface area contributed by atoms with E-state index in [1.165, 1.54) is 18.5 Å². The number of aromatic nitrogens is 4. The molecule has 3 rings (SSSR count). The zero-order valence-corrected chi connectivity index (χ0v) is 13.5. The van der Waals surface area contributed by atoms with Gasteiger partial charge in [0.1, 0.15) is 11.8 Å². The van der Waals surface area contributed by atoms with Crippen LogP contribution in [0.2, 0.25) is 5.15 Å². The van der Waals surface area contributed by atoms with Gasteiger partial charge in [-0.25, -0.2) is 15.0 Å². The number of hydrogen-bond donors (Lipinski definition) is 0. The van der Waals surface area contributed by atoms with Crippen molar-refractivity contribution in [2.24, 2.45) is 0 Å². The van der Waals surface area contributed by atoms with E-state index in [1.807, 2.05) is 0 Å². The second-order valence-corrected chi connectivity index (χ2v) is 5.56. The molecule has 2 aromatic heterocycles. The minimum absolute atomic E-state index is 0.255. The van der Waals surface area contributed by atoms with Crippen LogP contribution in [0.1, 0.15) is 12.0 Å². The van der Waals surface area contributed by atoms with Gasteiger partial charge in [0.2, 0.25) is 0 Å². The van der Waals surface area contributed by atoms with Gasteiger partial charge >= 0.3 is 0 Å². The molecule has 3 aromatic rings. The van der Waals surface area contributed by atoms with E-state index in [4.69, 9.17) is 11.6 Å². The molecule has 0 spiro atoms. The maximum atomic E-state index is 11.1. The Balaban J connectivity index is 1.76. The topological polar surface area (TPSA) is 130 Å². The van der Waals surface area contributed by atoms with Crippen LogP contribution >= 0.6 is 11.6 Å². The third kappa shape index (κ3) is 3.38. The minimum atomic E-state index is -0.655. The molecule has 0 atom stereocenters. The maximum Gasteiger partial charge on any atom is 0.279 e. The molecular formula is C14H11ClN6O4. The van der Waals surface area contributed by atoms with Crippen molar-refractivity contribution in [1.29, 1.82) is 0 Å². The summed E-state index contributed by atoms with van der Waals surface area (Å²) in [5, 5.41) is 22.2. The van der Waals surface area contributed by atoms with E-state index in [9.17, 15) is 20.2 Å². The zero-order valence-electron chi connectivity index (χ0n) is 12.7. The number of nitrogens with zero attached hydrogens (tertiary/aromatic N) is 6. The van der Waals surface area contributed by atoms with E-state index in [2.05, 4.69) is 15.0 Å². The van der Waals surface area contributed by atoms with Crippen LogP contribution in [0.15, 0.2) is 30.9 Å². The highest BCUT2D eigenvalue weighted by Gasteiger charge is 2.19. The number of fused-ring (bicyclic) bond motifs is 1. The Kier molecular flexibility index (Phi) is 4.52. The number of nitro groups is 2. The van der Waals surface area contributed by atoms with Gasteiger partial charge in [-0.3, -0.25) is 20.2 Å². The molecule has 0 fully saturated rings. The van der Waals surface area contributed by atoms with Crippen molar-refractivity contribution in [3.8, 4) is 0 Å². The number of benzene rings is 1. The Bertz CT molecular complexity index is 973. The predicted molar refractivity (Wildman–Crippen MR) is 88.4 cm³/mol. The van der Waals surface area contributed by atoms with Crippen LogP contribution in [0.4, 0.5) is 11.4 Å². The van der Waals surface area contributed by atoms with Crippen LogP contribution < -0.4 is 0 Å². The zero-order chi connectivity index (χ0) is 18.0. The summed E-state index contributed by atoms with van der Waals surface area (Å²) >= 11 is 5.94. The Morgan fingerprint density at radius 1 is 1.12 bits per heavy atom. The third-order valence-corrected chi connectivity index (χ3v) is 3.95. The molecule has 0 aliphatic carbocycles. The molecule has 0 aliphatic heterocycles. The summed E-state index contributed by atoms with van der Waals surface area (Å²) in [5.41, 5.74) is 0.953. The maximum absolute atomic E-state index is 11.1. The first-order valence-electron chi connectivity index (χ1n) is 7.20. The minimum Gasteiger partial charge on any atom is -0.315 e. The number of rotatable bonds is 6. The third-order valence-electron chi connectivity index (χ3n) is 3.68. The average molecular weight is 363 g/mol. The average Bonchev–Trinajstić information content (AvgIpc) is 2.99. The highest BCUT2D eigenvalue weighted by atomic mass is 35.5. The molecule has 0 aliphatic rings. The van der Waals surface area contributed by atoms with Gasteiger partial charge in [-0.05, 0) is 18.9 Å². The predicted octanol–water partition coefficient (Wildman–Crippen LogP) is 2.93. The van der Waals surface area contributed by atoms with E-state index < -0.39 is 9.85 Å². The van der Waals surface area contributed by atoms with Gasteiger partial charge in [0.05, 0.1) is 22.2 Å². The lowest BCUT2D eigenvalue weighted by atomic mass is 10.1. The van der Waals surface area contributed by atoms with Crippen molar-refractivity contribution in [3.05, 3.63) is 61.8 Å². The smallest absolute Gasteiger partial charge is 0.279 e. The lowest BCUT2D eigenvalue weighted by Gasteiger charge is -2.05. The summed E-state index contributed by atoms with van der Waals surface area (Å²) in [7, 11) is 0. The van der Waals surface area contributed by atoms with Crippen LogP contribution in [-0.2, 0) is 13.0 Å². The second-order valence-electron chi connectivity index (χ2n) is 5.21. The fraction of sp³-hybridized carbons (Fsp3) is 0.214. The Labute approximate surface area is 145 Å². The lowest BCUT2D eigenvalue weighted by molar-refractivity contribution is -0.394. The quantitative estimate of drug-likeness (QED) is 0.374. The molecule has 0 radical (unpaired) electrons. The van der Waals surface area contributed by atoms with Gasteiger partial charge < -0.3 is 4.57 Å². The molecular weight excluding hydrogens is 352 g/mol. The van der Waals surface area contributed by atoms with E-state index in [0.717, 1.165) is 6.07 Å². The van der Waals surface area contributed by atoms with Crippen molar-refractivity contribution >= 4 is 34.1 Å². The van der Waals surface area contributed by atoms with Gasteiger partial charge in [0.15, 0.2) is 10.8 Å². The Morgan fingerprint density at radius 3 is 2.64 bits per heavy atom. The van der Waals surface area contributed by atoms with Crippen molar-refractivity contribution in [2.45, 2.75) is 19.4 Å². The van der Waals surface area contributed by atoms with E-state index in [1.54, 1.807) is 10.9 Å². The van der Waals surface area contributed by atoms with Gasteiger partial charge in [-0.2, -0.15) is 0 Å². The summed E-state index contributed by atoms with van der Waals surface area (Å²) in [6.45, 7) is 0.512. The molecule has 0 amide bonds. The van der Waals surface area contributed by atoms with Gasteiger partial charge in [0.25, 0.3) is 11.4 Å². The summed E-state index contributed by atoms with van der Waals surface area (Å²) in [4.78, 5) is 32.8. The van der Waals surface area contributed by atoms with Crippen molar-refractivity contribution in [1.82, 2.24) is 19.5 Å². The molecule has 25 heavy (non-hydrogen) atoms. The first-order chi connectivity index (χ1) is 12.0. The van der Waals surface area contributed by atoms with Crippen molar-refractivity contribution in [2.75, 3.05) is 0 Å². The molecule has 128 valence electrons. The van der Waals surface area contributed by atoms with Gasteiger partial charge in [0, 0.05) is 18.2 Å². The second kappa shape index (κ2) is 6.77. The van der Waals surface area contributed by atoms with Crippen LogP contribution in [0, 0.1) is 20.2 Å². The molecule has 0 N–H and O–H groups in total. The van der Waals surface area contributed by atoms with Crippen molar-refractivity contribution < 1.29 is 9.85 Å². The summed E-state index contributed by atoms with van der Waals surface area (Å²) in [5.74, 6) is 0. The number of non-ortho nitro benzene ring substituents is 1. The Morgan fingerprint density at radius 2 is 1.92 bits per heavy atom. The first-order valence-corrected chi connectivity index (χ1v) is 7.58. The number of halogens is 1. The molecule has 0 bridgehead atoms. The van der Waals surface area contributed by atoms with Crippen LogP contribution in [0.5, 0.6) is 0 Å². The largest absolute Gasteiger partial charge is 0.315 e. The fourth-order valence-electron chi connectivity index (χ4n) is 2.50. The number of aryl methyl sites for hydroxylation is 2. The number of imidazole rings is 1. The normalized spacial score (nSPS) is 10.9. The molecule has 0 unspecified atom stereocenters. The lowest BCUT2D eigenvalue weighted by Crippen LogP contribution is -2.02. The van der Waals surface area contributed by atoms with E-state index in [0.29, 0.717) is 36.1 Å². The fourth-order valence-corrected chi connectivity index (χ4v) is 2.68. The molecule has 0 saturated carbocycles. The van der Waals surface area contributed by atoms with Crippen LogP contribution in [0.3, 0.4) is 0 Å². The molecule has 11 heteroatoms. The first kappa shape index (κ1) is 16.7. The van der Waals surface area contributed by atoms with Crippen molar-refractivity contribution in [3.63, 3.8) is 0 Å². The molecule has 10 nitrogen and oxygen atoms in total. The molecule has 1 aromatic carbocycles. The highest BCUT2D eigenvalue weighted by Crippen LogP contribution is 2.26. The number of nitro benzene ring substituents is 2. The van der Waals surface area contributed by atoms with Gasteiger partial charge in [-0.1, -0.05) is 11.6 Å². The monoisotopic (exact) mass is 362 g/mol. The Hall–Kier alpha value is -3.14. The van der Waals surface area contributed by atoms with E-state index in [-0.39, 0.29) is 16.5 Å². The van der Waals surface area contributed by atoms with Gasteiger partial charge in [-0.15, -0.1) is 0 Å². The molecule has 2 heterocycles. The summed E-state index contributed by atoms with van der Waals surface area (Å²) < 4.78 is 1.78. The summed E-state index contributed by atoms with van der Waals surface area (Å²) in [6.07, 6.45) is 3.86. The number of hydrogen-bond acceptors (Lipinski definition) is 7. The SMILES string of the molecule is O=[N+]([O-])c1ccc(CCCn2cnc3c(Cl)ncnc32)c([N+](=O)[O-])c1. The van der Waals surface area contributed by atoms with Crippen LogP contribution in [-0.4, -0.2) is 29.4 Å². The highest BCUT2D eigenvalue weighted by molar-refractivity contribution is 6.33.